The molecule has 0 spiro atoms. The second-order valence-electron chi connectivity index (χ2n) is 6.05. The number of amides is 2. The maximum atomic E-state index is 12.0. The van der Waals surface area contributed by atoms with Crippen LogP contribution in [0.15, 0.2) is 0 Å². The summed E-state index contributed by atoms with van der Waals surface area (Å²) in [4.78, 5) is 12.0. The Balaban J connectivity index is 1.75. The van der Waals surface area contributed by atoms with E-state index in [1.807, 2.05) is 0 Å². The highest BCUT2D eigenvalue weighted by Crippen LogP contribution is 2.27. The van der Waals surface area contributed by atoms with Crippen molar-refractivity contribution in [2.24, 2.45) is 0 Å². The van der Waals surface area contributed by atoms with E-state index in [1.54, 1.807) is 0 Å². The third-order valence-corrected chi connectivity index (χ3v) is 4.31. The van der Waals surface area contributed by atoms with Gasteiger partial charge in [0.2, 0.25) is 0 Å². The van der Waals surface area contributed by atoms with Gasteiger partial charge in [-0.2, -0.15) is 0 Å². The van der Waals surface area contributed by atoms with Gasteiger partial charge in [0.25, 0.3) is 0 Å². The normalized spacial score (nSPS) is 25.2. The molecule has 2 amide bonds. The van der Waals surface area contributed by atoms with Gasteiger partial charge in [0.1, 0.15) is 0 Å². The van der Waals surface area contributed by atoms with Crippen LogP contribution in [0.1, 0.15) is 71.1 Å². The van der Waals surface area contributed by atoms with E-state index >= 15 is 0 Å². The van der Waals surface area contributed by atoms with Crippen LogP contribution >= 0.6 is 0 Å². The molecule has 3 heteroatoms. The predicted octanol–water partition coefficient (Wildman–Crippen LogP) is 3.34. The van der Waals surface area contributed by atoms with E-state index in [-0.39, 0.29) is 11.6 Å². The van der Waals surface area contributed by atoms with Gasteiger partial charge >= 0.3 is 6.03 Å². The van der Waals surface area contributed by atoms with E-state index in [0.29, 0.717) is 6.04 Å². The van der Waals surface area contributed by atoms with Crippen molar-refractivity contribution in [2.75, 3.05) is 0 Å². The van der Waals surface area contributed by atoms with Gasteiger partial charge in [0.15, 0.2) is 0 Å². The molecule has 0 aliphatic heterocycles. The highest BCUT2D eigenvalue weighted by Gasteiger charge is 2.29. The van der Waals surface area contributed by atoms with Crippen LogP contribution in [0.25, 0.3) is 0 Å². The third kappa shape index (κ3) is 3.90. The Bertz CT molecular complexity index is 253. The fraction of sp³-hybridized carbons (Fsp3) is 0.929. The first kappa shape index (κ1) is 12.7. The van der Waals surface area contributed by atoms with Crippen molar-refractivity contribution in [3.05, 3.63) is 0 Å². The van der Waals surface area contributed by atoms with Crippen LogP contribution in [0.5, 0.6) is 0 Å². The van der Waals surface area contributed by atoms with Crippen molar-refractivity contribution in [1.29, 1.82) is 0 Å². The summed E-state index contributed by atoms with van der Waals surface area (Å²) in [7, 11) is 0. The minimum Gasteiger partial charge on any atom is -0.335 e. The zero-order valence-corrected chi connectivity index (χ0v) is 11.1. The molecule has 0 atom stereocenters. The average molecular weight is 238 g/mol. The molecule has 0 aromatic rings. The van der Waals surface area contributed by atoms with Crippen LogP contribution in [0.4, 0.5) is 4.79 Å². The van der Waals surface area contributed by atoms with Crippen molar-refractivity contribution in [3.8, 4) is 0 Å². The molecule has 2 aliphatic rings. The molecule has 98 valence electrons. The Kier molecular flexibility index (Phi) is 4.30. The Hall–Kier alpha value is -0.730. The Morgan fingerprint density at radius 1 is 1.00 bits per heavy atom. The lowest BCUT2D eigenvalue weighted by molar-refractivity contribution is 0.204. The first-order valence-corrected chi connectivity index (χ1v) is 7.27. The zero-order chi connectivity index (χ0) is 12.1. The molecule has 0 bridgehead atoms. The van der Waals surface area contributed by atoms with E-state index in [4.69, 9.17) is 0 Å². The molecule has 2 saturated carbocycles. The van der Waals surface area contributed by atoms with E-state index in [9.17, 15) is 4.79 Å². The fourth-order valence-corrected chi connectivity index (χ4v) is 3.20. The van der Waals surface area contributed by atoms with Crippen LogP contribution in [-0.4, -0.2) is 17.6 Å². The summed E-state index contributed by atoms with van der Waals surface area (Å²) in [6.45, 7) is 2.19. The Labute approximate surface area is 105 Å². The van der Waals surface area contributed by atoms with Crippen molar-refractivity contribution >= 4 is 6.03 Å². The number of carbonyl (C=O) groups is 1. The zero-order valence-electron chi connectivity index (χ0n) is 11.1. The largest absolute Gasteiger partial charge is 0.335 e. The van der Waals surface area contributed by atoms with Crippen LogP contribution < -0.4 is 10.6 Å². The van der Waals surface area contributed by atoms with Crippen molar-refractivity contribution < 1.29 is 4.79 Å². The molecule has 0 radical (unpaired) electrons. The van der Waals surface area contributed by atoms with Gasteiger partial charge in [-0.15, -0.1) is 0 Å². The quantitative estimate of drug-likeness (QED) is 0.761. The predicted molar refractivity (Wildman–Crippen MR) is 70.0 cm³/mol. The first-order valence-electron chi connectivity index (χ1n) is 7.27. The third-order valence-electron chi connectivity index (χ3n) is 4.31. The molecule has 2 aliphatic carbocycles. The Morgan fingerprint density at radius 2 is 1.59 bits per heavy atom. The average Bonchev–Trinajstić information content (AvgIpc) is 2.30. The van der Waals surface area contributed by atoms with Crippen LogP contribution in [0.2, 0.25) is 0 Å². The summed E-state index contributed by atoms with van der Waals surface area (Å²) < 4.78 is 0. The van der Waals surface area contributed by atoms with Crippen LogP contribution in [-0.2, 0) is 0 Å². The lowest BCUT2D eigenvalue weighted by Gasteiger charge is -2.35. The topological polar surface area (TPSA) is 41.1 Å². The van der Waals surface area contributed by atoms with Crippen LogP contribution in [0, 0.1) is 0 Å². The minimum atomic E-state index is 0.0387. The number of hydrogen-bond donors (Lipinski definition) is 2. The lowest BCUT2D eigenvalue weighted by atomic mass is 9.83. The van der Waals surface area contributed by atoms with Gasteiger partial charge in [-0.3, -0.25) is 0 Å². The van der Waals surface area contributed by atoms with Crippen molar-refractivity contribution in [2.45, 2.75) is 82.7 Å². The lowest BCUT2D eigenvalue weighted by Crippen LogP contribution is -2.53. The van der Waals surface area contributed by atoms with Crippen molar-refractivity contribution in [3.63, 3.8) is 0 Å². The summed E-state index contributed by atoms with van der Waals surface area (Å²) >= 11 is 0. The molecule has 2 rings (SSSR count). The number of rotatable bonds is 2. The van der Waals surface area contributed by atoms with Gasteiger partial charge in [0, 0.05) is 11.6 Å². The van der Waals surface area contributed by atoms with E-state index < -0.39 is 0 Å². The maximum absolute atomic E-state index is 12.0. The molecule has 17 heavy (non-hydrogen) atoms. The summed E-state index contributed by atoms with van der Waals surface area (Å²) in [5.41, 5.74) is 0.0387. The van der Waals surface area contributed by atoms with Gasteiger partial charge in [0.05, 0.1) is 0 Å². The second-order valence-corrected chi connectivity index (χ2v) is 6.05. The smallest absolute Gasteiger partial charge is 0.315 e. The molecule has 0 saturated heterocycles. The molecular weight excluding hydrogens is 212 g/mol. The van der Waals surface area contributed by atoms with Gasteiger partial charge in [-0.1, -0.05) is 38.5 Å². The highest BCUT2D eigenvalue weighted by molar-refractivity contribution is 5.75. The second kappa shape index (κ2) is 5.74. The van der Waals surface area contributed by atoms with E-state index in [1.165, 1.54) is 38.5 Å². The van der Waals surface area contributed by atoms with E-state index in [0.717, 1.165) is 25.7 Å². The number of carbonyl (C=O) groups excluding carboxylic acids is 1. The summed E-state index contributed by atoms with van der Waals surface area (Å²) in [5.74, 6) is 0. The minimum absolute atomic E-state index is 0.0387. The molecular formula is C14H26N2O. The first-order chi connectivity index (χ1) is 8.18. The monoisotopic (exact) mass is 238 g/mol. The molecule has 3 nitrogen and oxygen atoms in total. The number of urea groups is 1. The fourth-order valence-electron chi connectivity index (χ4n) is 3.20. The van der Waals surface area contributed by atoms with Gasteiger partial charge in [-0.25, -0.2) is 4.79 Å². The maximum Gasteiger partial charge on any atom is 0.315 e. The van der Waals surface area contributed by atoms with Crippen LogP contribution in [0.3, 0.4) is 0 Å². The standard InChI is InChI=1S/C14H26N2O/c1-14(10-6-3-7-11-14)16-13(17)15-12-8-4-2-5-9-12/h12H,2-11H2,1H3,(H2,15,16,17). The summed E-state index contributed by atoms with van der Waals surface area (Å²) in [6, 6.07) is 0.470. The Morgan fingerprint density at radius 3 is 2.24 bits per heavy atom. The number of nitrogens with one attached hydrogen (secondary N) is 2. The van der Waals surface area contributed by atoms with E-state index in [2.05, 4.69) is 17.6 Å². The van der Waals surface area contributed by atoms with Crippen molar-refractivity contribution in [1.82, 2.24) is 10.6 Å². The molecule has 0 aromatic carbocycles. The molecule has 0 unspecified atom stereocenters. The SMILES string of the molecule is CC1(NC(=O)NC2CCCCC2)CCCCC1. The molecule has 0 heterocycles. The number of hydrogen-bond acceptors (Lipinski definition) is 1. The molecule has 0 aromatic heterocycles. The summed E-state index contributed by atoms with van der Waals surface area (Å²) in [5, 5.41) is 6.33. The van der Waals surface area contributed by atoms with Gasteiger partial charge < -0.3 is 10.6 Å². The molecule has 2 fully saturated rings. The molecule has 2 N–H and O–H groups in total. The van der Waals surface area contributed by atoms with Gasteiger partial charge in [-0.05, 0) is 32.6 Å². The summed E-state index contributed by atoms with van der Waals surface area (Å²) in [6.07, 6.45) is 12.3. The highest BCUT2D eigenvalue weighted by atomic mass is 16.2.